The Hall–Kier alpha value is -0.590. The largest absolute Gasteiger partial charge is 0.295 e. The van der Waals surface area contributed by atoms with E-state index in [-0.39, 0.29) is 0 Å². The summed E-state index contributed by atoms with van der Waals surface area (Å²) in [5.74, 6) is 1.70. The van der Waals surface area contributed by atoms with Crippen molar-refractivity contribution in [2.75, 3.05) is 0 Å². The molecule has 0 bridgehead atoms. The lowest BCUT2D eigenvalue weighted by Crippen LogP contribution is -2.05. The van der Waals surface area contributed by atoms with Crippen LogP contribution in [0.15, 0.2) is 12.2 Å². The van der Waals surface area contributed by atoms with E-state index in [1.807, 2.05) is 0 Å². The molecule has 1 nitrogen and oxygen atoms in total. The molecule has 0 atom stereocenters. The van der Waals surface area contributed by atoms with Crippen LogP contribution in [-0.4, -0.2) is 5.78 Å². The molecule has 0 aromatic heterocycles. The average Bonchev–Trinajstić information content (AvgIpc) is 2.25. The van der Waals surface area contributed by atoms with Crippen LogP contribution in [0.1, 0.15) is 65.2 Å². The van der Waals surface area contributed by atoms with E-state index in [2.05, 4.69) is 19.9 Å². The molecule has 0 aromatic rings. The highest BCUT2D eigenvalue weighted by atomic mass is 16.1. The van der Waals surface area contributed by atoms with Gasteiger partial charge in [0.15, 0.2) is 5.78 Å². The smallest absolute Gasteiger partial charge is 0.155 e. The summed E-state index contributed by atoms with van der Waals surface area (Å²) >= 11 is 0. The van der Waals surface area contributed by atoms with Gasteiger partial charge in [-0.15, -0.1) is 0 Å². The van der Waals surface area contributed by atoms with Crippen LogP contribution in [-0.2, 0) is 4.79 Å². The Morgan fingerprint density at radius 2 is 1.94 bits per heavy atom. The van der Waals surface area contributed by atoms with Gasteiger partial charge in [0.05, 0.1) is 0 Å². The van der Waals surface area contributed by atoms with E-state index >= 15 is 0 Å². The number of hydrogen-bond acceptors (Lipinski definition) is 1. The molecule has 0 spiro atoms. The number of hydrogen-bond donors (Lipinski definition) is 0. The first-order valence-electron chi connectivity index (χ1n) is 6.88. The van der Waals surface area contributed by atoms with Crippen molar-refractivity contribution in [2.24, 2.45) is 11.8 Å². The number of carbonyl (C=O) groups is 1. The van der Waals surface area contributed by atoms with E-state index in [1.54, 1.807) is 6.08 Å². The minimum Gasteiger partial charge on any atom is -0.295 e. The van der Waals surface area contributed by atoms with Gasteiger partial charge in [0.1, 0.15) is 0 Å². The van der Waals surface area contributed by atoms with Crippen LogP contribution in [0.4, 0.5) is 0 Å². The number of allylic oxidation sites excluding steroid dienone is 2. The Morgan fingerprint density at radius 1 is 1.25 bits per heavy atom. The van der Waals surface area contributed by atoms with E-state index < -0.39 is 0 Å². The Bertz CT molecular complexity index is 222. The maximum atomic E-state index is 11.4. The standard InChI is InChI=1S/C15H26O/c1-13(2)12-15(16)11-7-6-10-14-8-4-3-5-9-14/h7,11,13-14H,3-6,8-10,12H2,1-2H3. The molecule has 0 N–H and O–H groups in total. The summed E-state index contributed by atoms with van der Waals surface area (Å²) in [4.78, 5) is 11.4. The minimum atomic E-state index is 0.290. The van der Waals surface area contributed by atoms with E-state index in [9.17, 15) is 4.79 Å². The van der Waals surface area contributed by atoms with Crippen molar-refractivity contribution >= 4 is 5.78 Å². The number of carbonyl (C=O) groups excluding carboxylic acids is 1. The molecule has 1 heteroatoms. The van der Waals surface area contributed by atoms with Gasteiger partial charge in [-0.25, -0.2) is 0 Å². The Kier molecular flexibility index (Phi) is 6.44. The van der Waals surface area contributed by atoms with Crippen molar-refractivity contribution in [1.29, 1.82) is 0 Å². The van der Waals surface area contributed by atoms with Gasteiger partial charge >= 0.3 is 0 Å². The van der Waals surface area contributed by atoms with Gasteiger partial charge in [0.25, 0.3) is 0 Å². The molecule has 92 valence electrons. The van der Waals surface area contributed by atoms with Crippen molar-refractivity contribution < 1.29 is 4.79 Å². The predicted octanol–water partition coefficient (Wildman–Crippen LogP) is 4.52. The summed E-state index contributed by atoms with van der Waals surface area (Å²) < 4.78 is 0. The van der Waals surface area contributed by atoms with Crippen molar-refractivity contribution in [2.45, 2.75) is 65.2 Å². The molecule has 1 rings (SSSR count). The van der Waals surface area contributed by atoms with Crippen molar-refractivity contribution in [3.05, 3.63) is 12.2 Å². The Labute approximate surface area is 100 Å². The second-order valence-electron chi connectivity index (χ2n) is 5.55. The monoisotopic (exact) mass is 222 g/mol. The molecule has 0 unspecified atom stereocenters. The zero-order chi connectivity index (χ0) is 11.8. The molecular formula is C15H26O. The fourth-order valence-corrected chi connectivity index (χ4v) is 2.49. The van der Waals surface area contributed by atoms with Crippen LogP contribution >= 0.6 is 0 Å². The third-order valence-electron chi connectivity index (χ3n) is 3.38. The molecule has 0 radical (unpaired) electrons. The molecular weight excluding hydrogens is 196 g/mol. The third-order valence-corrected chi connectivity index (χ3v) is 3.38. The van der Waals surface area contributed by atoms with Gasteiger partial charge in [-0.05, 0) is 30.8 Å². The first-order valence-corrected chi connectivity index (χ1v) is 6.88. The van der Waals surface area contributed by atoms with Crippen molar-refractivity contribution in [1.82, 2.24) is 0 Å². The Balaban J connectivity index is 2.09. The highest BCUT2D eigenvalue weighted by Gasteiger charge is 2.11. The van der Waals surface area contributed by atoms with E-state index in [1.165, 1.54) is 38.5 Å². The highest BCUT2D eigenvalue weighted by molar-refractivity contribution is 5.89. The van der Waals surface area contributed by atoms with E-state index in [0.29, 0.717) is 18.1 Å². The lowest BCUT2D eigenvalue weighted by Gasteiger charge is -2.20. The number of rotatable bonds is 6. The van der Waals surface area contributed by atoms with Crippen LogP contribution in [0.25, 0.3) is 0 Å². The van der Waals surface area contributed by atoms with Crippen molar-refractivity contribution in [3.63, 3.8) is 0 Å². The predicted molar refractivity (Wildman–Crippen MR) is 69.4 cm³/mol. The van der Waals surface area contributed by atoms with Crippen LogP contribution < -0.4 is 0 Å². The average molecular weight is 222 g/mol. The molecule has 1 saturated carbocycles. The van der Waals surface area contributed by atoms with Gasteiger partial charge in [-0.1, -0.05) is 52.0 Å². The Morgan fingerprint density at radius 3 is 2.56 bits per heavy atom. The molecule has 1 aliphatic carbocycles. The normalized spacial score (nSPS) is 18.4. The van der Waals surface area contributed by atoms with Gasteiger partial charge in [0.2, 0.25) is 0 Å². The minimum absolute atomic E-state index is 0.290. The molecule has 0 amide bonds. The number of ketones is 1. The van der Waals surface area contributed by atoms with E-state index in [4.69, 9.17) is 0 Å². The molecule has 0 saturated heterocycles. The first kappa shape index (κ1) is 13.5. The lowest BCUT2D eigenvalue weighted by molar-refractivity contribution is -0.115. The maximum absolute atomic E-state index is 11.4. The van der Waals surface area contributed by atoms with Gasteiger partial charge in [-0.2, -0.15) is 0 Å². The van der Waals surface area contributed by atoms with Crippen LogP contribution in [0, 0.1) is 11.8 Å². The molecule has 16 heavy (non-hydrogen) atoms. The zero-order valence-corrected chi connectivity index (χ0v) is 10.9. The van der Waals surface area contributed by atoms with Crippen LogP contribution in [0.3, 0.4) is 0 Å². The summed E-state index contributed by atoms with van der Waals surface area (Å²) in [5, 5.41) is 0. The van der Waals surface area contributed by atoms with E-state index in [0.717, 1.165) is 12.3 Å². The fraction of sp³-hybridized carbons (Fsp3) is 0.800. The van der Waals surface area contributed by atoms with Gasteiger partial charge in [-0.3, -0.25) is 4.79 Å². The summed E-state index contributed by atoms with van der Waals surface area (Å²) in [6.07, 6.45) is 14.0. The fourth-order valence-electron chi connectivity index (χ4n) is 2.49. The zero-order valence-electron chi connectivity index (χ0n) is 10.9. The maximum Gasteiger partial charge on any atom is 0.155 e. The van der Waals surface area contributed by atoms with Crippen molar-refractivity contribution in [3.8, 4) is 0 Å². The lowest BCUT2D eigenvalue weighted by atomic mass is 9.86. The molecule has 1 fully saturated rings. The second-order valence-corrected chi connectivity index (χ2v) is 5.55. The SMILES string of the molecule is CC(C)CC(=O)C=CCCC1CCCCC1. The summed E-state index contributed by atoms with van der Waals surface area (Å²) in [5.41, 5.74) is 0. The highest BCUT2D eigenvalue weighted by Crippen LogP contribution is 2.27. The second kappa shape index (κ2) is 7.65. The quantitative estimate of drug-likeness (QED) is 0.604. The summed E-state index contributed by atoms with van der Waals surface area (Å²) in [6, 6.07) is 0. The van der Waals surface area contributed by atoms with Gasteiger partial charge < -0.3 is 0 Å². The summed E-state index contributed by atoms with van der Waals surface area (Å²) in [6.45, 7) is 4.18. The molecule has 0 aromatic carbocycles. The summed E-state index contributed by atoms with van der Waals surface area (Å²) in [7, 11) is 0. The molecule has 0 heterocycles. The first-order chi connectivity index (χ1) is 7.68. The van der Waals surface area contributed by atoms with Crippen LogP contribution in [0.2, 0.25) is 0 Å². The van der Waals surface area contributed by atoms with Gasteiger partial charge in [0, 0.05) is 6.42 Å². The topological polar surface area (TPSA) is 17.1 Å². The molecule has 0 aliphatic heterocycles. The molecule has 1 aliphatic rings. The van der Waals surface area contributed by atoms with Crippen LogP contribution in [0.5, 0.6) is 0 Å². The third kappa shape index (κ3) is 6.09.